The third-order valence-corrected chi connectivity index (χ3v) is 3.09. The molecule has 0 bridgehead atoms. The van der Waals surface area contributed by atoms with Gasteiger partial charge in [-0.05, 0) is 39.2 Å². The topological polar surface area (TPSA) is 67.0 Å². The maximum Gasteiger partial charge on any atom is 0.269 e. The van der Waals surface area contributed by atoms with Crippen molar-refractivity contribution in [2.45, 2.75) is 45.3 Å². The molecule has 1 atom stereocenters. The molecule has 2 rings (SSSR count). The van der Waals surface area contributed by atoms with Gasteiger partial charge in [0.25, 0.3) is 5.91 Å². The van der Waals surface area contributed by atoms with E-state index in [1.165, 1.54) is 0 Å². The Labute approximate surface area is 101 Å². The van der Waals surface area contributed by atoms with Crippen LogP contribution in [-0.2, 0) is 4.74 Å². The molecule has 2 heterocycles. The Balaban J connectivity index is 1.98. The predicted molar refractivity (Wildman–Crippen MR) is 63.8 cm³/mol. The van der Waals surface area contributed by atoms with Gasteiger partial charge in [-0.25, -0.2) is 0 Å². The van der Waals surface area contributed by atoms with Crippen molar-refractivity contribution in [2.75, 3.05) is 6.61 Å². The molecule has 1 aromatic heterocycles. The summed E-state index contributed by atoms with van der Waals surface area (Å²) in [5, 5.41) is 9.60. The van der Waals surface area contributed by atoms with Crippen molar-refractivity contribution in [1.82, 2.24) is 15.5 Å². The number of aromatic amines is 1. The Morgan fingerprint density at radius 1 is 1.65 bits per heavy atom. The molecule has 1 saturated heterocycles. The molecule has 0 radical (unpaired) electrons. The lowest BCUT2D eigenvalue weighted by atomic mass is 9.94. The van der Waals surface area contributed by atoms with E-state index in [4.69, 9.17) is 4.74 Å². The van der Waals surface area contributed by atoms with Crippen molar-refractivity contribution >= 4 is 5.91 Å². The minimum Gasteiger partial charge on any atom is -0.375 e. The number of amides is 1. The molecular weight excluding hydrogens is 218 g/mol. The van der Waals surface area contributed by atoms with E-state index in [0.717, 1.165) is 18.4 Å². The molecule has 0 spiro atoms. The van der Waals surface area contributed by atoms with E-state index in [2.05, 4.69) is 15.5 Å². The second kappa shape index (κ2) is 4.49. The first-order valence-corrected chi connectivity index (χ1v) is 5.93. The highest BCUT2D eigenvalue weighted by Gasteiger charge is 2.30. The largest absolute Gasteiger partial charge is 0.375 e. The molecular formula is C12H19N3O2. The van der Waals surface area contributed by atoms with Crippen LogP contribution in [0.5, 0.6) is 0 Å². The normalized spacial score (nSPS) is 23.4. The van der Waals surface area contributed by atoms with Gasteiger partial charge in [-0.2, -0.15) is 5.10 Å². The van der Waals surface area contributed by atoms with Crippen molar-refractivity contribution in [3.05, 3.63) is 17.5 Å². The summed E-state index contributed by atoms with van der Waals surface area (Å²) in [4.78, 5) is 12.0. The zero-order valence-corrected chi connectivity index (χ0v) is 10.5. The summed E-state index contributed by atoms with van der Waals surface area (Å²) >= 11 is 0. The van der Waals surface area contributed by atoms with E-state index in [1.807, 2.05) is 20.8 Å². The summed E-state index contributed by atoms with van der Waals surface area (Å²) in [7, 11) is 0. The standard InChI is InChI=1S/C12H19N3O2/c1-8-7-13-15-10(8)11(16)14-9-4-5-17-12(2,3)6-9/h7,9H,4-6H2,1-3H3,(H,13,15)(H,14,16). The highest BCUT2D eigenvalue weighted by molar-refractivity contribution is 5.93. The van der Waals surface area contributed by atoms with Gasteiger partial charge >= 0.3 is 0 Å². The molecule has 1 unspecified atom stereocenters. The van der Waals surface area contributed by atoms with Crippen LogP contribution in [0.3, 0.4) is 0 Å². The van der Waals surface area contributed by atoms with Crippen LogP contribution in [-0.4, -0.2) is 34.4 Å². The first-order valence-electron chi connectivity index (χ1n) is 5.93. The fourth-order valence-electron chi connectivity index (χ4n) is 2.19. The number of hydrogen-bond donors (Lipinski definition) is 2. The molecule has 2 N–H and O–H groups in total. The number of rotatable bonds is 2. The van der Waals surface area contributed by atoms with Crippen LogP contribution in [0.4, 0.5) is 0 Å². The number of nitrogens with one attached hydrogen (secondary N) is 2. The Bertz CT molecular complexity index is 412. The first kappa shape index (κ1) is 12.1. The minimum atomic E-state index is -0.154. The Kier molecular flexibility index (Phi) is 3.19. The average molecular weight is 237 g/mol. The first-order chi connectivity index (χ1) is 7.98. The van der Waals surface area contributed by atoms with Gasteiger partial charge in [0.2, 0.25) is 0 Å². The van der Waals surface area contributed by atoms with E-state index < -0.39 is 0 Å². The molecule has 0 saturated carbocycles. The van der Waals surface area contributed by atoms with Crippen molar-refractivity contribution < 1.29 is 9.53 Å². The molecule has 94 valence electrons. The van der Waals surface area contributed by atoms with Gasteiger partial charge in [-0.3, -0.25) is 9.89 Å². The quantitative estimate of drug-likeness (QED) is 0.817. The van der Waals surface area contributed by atoms with Gasteiger partial charge in [-0.15, -0.1) is 0 Å². The molecule has 1 aliphatic heterocycles. The second-order valence-electron chi connectivity index (χ2n) is 5.20. The van der Waals surface area contributed by atoms with Crippen molar-refractivity contribution in [1.29, 1.82) is 0 Å². The van der Waals surface area contributed by atoms with Crippen LogP contribution in [0.2, 0.25) is 0 Å². The molecule has 17 heavy (non-hydrogen) atoms. The van der Waals surface area contributed by atoms with Crippen molar-refractivity contribution in [2.24, 2.45) is 0 Å². The molecule has 0 aromatic carbocycles. The zero-order chi connectivity index (χ0) is 12.5. The van der Waals surface area contributed by atoms with Gasteiger partial charge in [0, 0.05) is 12.6 Å². The van der Waals surface area contributed by atoms with Crippen LogP contribution in [0.15, 0.2) is 6.20 Å². The fourth-order valence-corrected chi connectivity index (χ4v) is 2.19. The number of H-pyrrole nitrogens is 1. The third-order valence-electron chi connectivity index (χ3n) is 3.09. The molecule has 1 aromatic rings. The summed E-state index contributed by atoms with van der Waals surface area (Å²) in [5.41, 5.74) is 1.27. The summed E-state index contributed by atoms with van der Waals surface area (Å²) < 4.78 is 5.62. The number of aromatic nitrogens is 2. The van der Waals surface area contributed by atoms with Gasteiger partial charge in [0.05, 0.1) is 11.8 Å². The van der Waals surface area contributed by atoms with Gasteiger partial charge < -0.3 is 10.1 Å². The Morgan fingerprint density at radius 2 is 2.41 bits per heavy atom. The van der Waals surface area contributed by atoms with Crippen molar-refractivity contribution in [3.63, 3.8) is 0 Å². The SMILES string of the molecule is Cc1cn[nH]c1C(=O)NC1CCOC(C)(C)C1. The monoisotopic (exact) mass is 237 g/mol. The maximum atomic E-state index is 12.0. The predicted octanol–water partition coefficient (Wildman–Crippen LogP) is 1.41. The number of hydrogen-bond acceptors (Lipinski definition) is 3. The lowest BCUT2D eigenvalue weighted by Gasteiger charge is -2.35. The van der Waals surface area contributed by atoms with Gasteiger partial charge in [-0.1, -0.05) is 0 Å². The number of carbonyl (C=O) groups excluding carboxylic acids is 1. The number of ether oxygens (including phenoxy) is 1. The van der Waals surface area contributed by atoms with Crippen LogP contribution in [0.1, 0.15) is 42.7 Å². The van der Waals surface area contributed by atoms with Gasteiger partial charge in [0.1, 0.15) is 5.69 Å². The van der Waals surface area contributed by atoms with E-state index in [1.54, 1.807) is 6.20 Å². The number of aryl methyl sites for hydroxylation is 1. The lowest BCUT2D eigenvalue weighted by Crippen LogP contribution is -2.46. The molecule has 1 fully saturated rings. The van der Waals surface area contributed by atoms with E-state index in [9.17, 15) is 4.79 Å². The zero-order valence-electron chi connectivity index (χ0n) is 10.5. The maximum absolute atomic E-state index is 12.0. The lowest BCUT2D eigenvalue weighted by molar-refractivity contribution is -0.0615. The van der Waals surface area contributed by atoms with E-state index in [-0.39, 0.29) is 17.6 Å². The van der Waals surface area contributed by atoms with E-state index in [0.29, 0.717) is 12.3 Å². The summed E-state index contributed by atoms with van der Waals surface area (Å²) in [5.74, 6) is -0.0808. The van der Waals surface area contributed by atoms with Crippen LogP contribution < -0.4 is 5.32 Å². The molecule has 5 heteroatoms. The van der Waals surface area contributed by atoms with Crippen molar-refractivity contribution in [3.8, 4) is 0 Å². The Hall–Kier alpha value is -1.36. The minimum absolute atomic E-state index is 0.0808. The summed E-state index contributed by atoms with van der Waals surface area (Å²) in [6, 6.07) is 0.175. The third kappa shape index (κ3) is 2.85. The highest BCUT2D eigenvalue weighted by atomic mass is 16.5. The molecule has 0 aliphatic carbocycles. The number of nitrogens with zero attached hydrogens (tertiary/aromatic N) is 1. The van der Waals surface area contributed by atoms with Crippen LogP contribution in [0.25, 0.3) is 0 Å². The molecule has 5 nitrogen and oxygen atoms in total. The summed E-state index contributed by atoms with van der Waals surface area (Å²) in [6.07, 6.45) is 3.36. The van der Waals surface area contributed by atoms with Crippen LogP contribution >= 0.6 is 0 Å². The smallest absolute Gasteiger partial charge is 0.269 e. The van der Waals surface area contributed by atoms with Crippen LogP contribution in [0, 0.1) is 6.92 Å². The number of carbonyl (C=O) groups is 1. The fraction of sp³-hybridized carbons (Fsp3) is 0.667. The second-order valence-corrected chi connectivity index (χ2v) is 5.20. The Morgan fingerprint density at radius 3 is 3.00 bits per heavy atom. The molecule has 1 aliphatic rings. The van der Waals surface area contributed by atoms with E-state index >= 15 is 0 Å². The highest BCUT2D eigenvalue weighted by Crippen LogP contribution is 2.24. The average Bonchev–Trinajstić information content (AvgIpc) is 2.62. The molecule has 1 amide bonds. The van der Waals surface area contributed by atoms with Gasteiger partial charge in [0.15, 0.2) is 0 Å². The summed E-state index contributed by atoms with van der Waals surface area (Å²) in [6.45, 7) is 6.66.